The van der Waals surface area contributed by atoms with Crippen LogP contribution in [0.3, 0.4) is 0 Å². The zero-order chi connectivity index (χ0) is 14.0. The fourth-order valence-corrected chi connectivity index (χ4v) is 1.68. The van der Waals surface area contributed by atoms with Gasteiger partial charge in [0.1, 0.15) is 5.82 Å². The number of nitro benzene ring substituents is 1. The van der Waals surface area contributed by atoms with Gasteiger partial charge in [0.25, 0.3) is 5.69 Å². The minimum absolute atomic E-state index is 0.0877. The van der Waals surface area contributed by atoms with Crippen LogP contribution in [0, 0.1) is 15.5 Å². The Hall–Kier alpha value is -2.17. The van der Waals surface area contributed by atoms with E-state index < -0.39 is 4.92 Å². The first-order valence-corrected chi connectivity index (χ1v) is 6.14. The highest BCUT2D eigenvalue weighted by Gasteiger charge is 2.11. The Kier molecular flexibility index (Phi) is 3.38. The van der Waals surface area contributed by atoms with Crippen molar-refractivity contribution >= 4 is 22.4 Å². The number of benzene rings is 1. The summed E-state index contributed by atoms with van der Waals surface area (Å²) >= 11 is 0. The number of anilines is 1. The highest BCUT2D eigenvalue weighted by Crippen LogP contribution is 2.21. The maximum absolute atomic E-state index is 10.7. The predicted octanol–water partition coefficient (Wildman–Crippen LogP) is 3.60. The van der Waals surface area contributed by atoms with Gasteiger partial charge in [-0.1, -0.05) is 20.8 Å². The molecule has 0 amide bonds. The van der Waals surface area contributed by atoms with E-state index in [-0.39, 0.29) is 11.1 Å². The monoisotopic (exact) mass is 259 g/mol. The number of rotatable bonds is 3. The molecule has 1 heterocycles. The average molecular weight is 259 g/mol. The molecule has 19 heavy (non-hydrogen) atoms. The van der Waals surface area contributed by atoms with E-state index in [4.69, 9.17) is 0 Å². The number of non-ortho nitro benzene ring substituents is 1. The molecule has 0 bridgehead atoms. The molecule has 0 atom stereocenters. The lowest BCUT2D eigenvalue weighted by Crippen LogP contribution is -2.19. The van der Waals surface area contributed by atoms with Crippen LogP contribution in [0.4, 0.5) is 11.5 Å². The number of nitrogens with one attached hydrogen (secondary N) is 1. The molecule has 0 saturated carbocycles. The highest BCUT2D eigenvalue weighted by molar-refractivity contribution is 5.82. The number of nitro groups is 1. The topological polar surface area (TPSA) is 68.1 Å². The molecule has 0 aliphatic rings. The van der Waals surface area contributed by atoms with E-state index in [0.717, 1.165) is 23.3 Å². The summed E-state index contributed by atoms with van der Waals surface area (Å²) in [5, 5.41) is 14.7. The van der Waals surface area contributed by atoms with Gasteiger partial charge in [0.2, 0.25) is 0 Å². The van der Waals surface area contributed by atoms with E-state index >= 15 is 0 Å². The second-order valence-electron chi connectivity index (χ2n) is 5.74. The summed E-state index contributed by atoms with van der Waals surface area (Å²) in [5.74, 6) is 0.788. The maximum atomic E-state index is 10.7. The van der Waals surface area contributed by atoms with Gasteiger partial charge in [0, 0.05) is 24.1 Å². The molecule has 1 aromatic carbocycles. The fourth-order valence-electron chi connectivity index (χ4n) is 1.68. The van der Waals surface area contributed by atoms with E-state index in [1.807, 2.05) is 12.1 Å². The van der Waals surface area contributed by atoms with E-state index in [2.05, 4.69) is 31.1 Å². The molecule has 0 fully saturated rings. The van der Waals surface area contributed by atoms with Crippen LogP contribution in [0.15, 0.2) is 30.3 Å². The summed E-state index contributed by atoms with van der Waals surface area (Å²) in [5.41, 5.74) is 1.01. The van der Waals surface area contributed by atoms with Gasteiger partial charge in [-0.15, -0.1) is 0 Å². The Balaban J connectivity index is 2.26. The van der Waals surface area contributed by atoms with Crippen molar-refractivity contribution in [3.05, 3.63) is 40.4 Å². The molecular weight excluding hydrogens is 242 g/mol. The van der Waals surface area contributed by atoms with E-state index in [9.17, 15) is 10.1 Å². The molecule has 0 aliphatic heterocycles. The summed E-state index contributed by atoms with van der Waals surface area (Å²) in [6.07, 6.45) is 0. The van der Waals surface area contributed by atoms with E-state index in [1.54, 1.807) is 6.07 Å². The molecule has 1 N–H and O–H groups in total. The molecule has 100 valence electrons. The Morgan fingerprint density at radius 3 is 2.63 bits per heavy atom. The zero-order valence-electron chi connectivity index (χ0n) is 11.3. The predicted molar refractivity (Wildman–Crippen MR) is 76.3 cm³/mol. The van der Waals surface area contributed by atoms with E-state index in [1.165, 1.54) is 12.1 Å². The summed E-state index contributed by atoms with van der Waals surface area (Å²) in [6, 6.07) is 8.38. The average Bonchev–Trinajstić information content (AvgIpc) is 2.34. The molecule has 0 radical (unpaired) electrons. The van der Waals surface area contributed by atoms with Crippen LogP contribution >= 0.6 is 0 Å². The van der Waals surface area contributed by atoms with Crippen molar-refractivity contribution in [2.75, 3.05) is 11.9 Å². The van der Waals surface area contributed by atoms with Crippen molar-refractivity contribution in [3.8, 4) is 0 Å². The number of aromatic nitrogens is 1. The van der Waals surface area contributed by atoms with Crippen molar-refractivity contribution in [2.45, 2.75) is 20.8 Å². The molecule has 0 unspecified atom stereocenters. The first kappa shape index (κ1) is 13.3. The number of pyridine rings is 1. The highest BCUT2D eigenvalue weighted by atomic mass is 16.6. The lowest BCUT2D eigenvalue weighted by atomic mass is 9.97. The normalized spacial score (nSPS) is 11.5. The van der Waals surface area contributed by atoms with Gasteiger partial charge in [-0.2, -0.15) is 0 Å². The molecule has 2 aromatic rings. The van der Waals surface area contributed by atoms with Crippen LogP contribution in [-0.4, -0.2) is 16.5 Å². The maximum Gasteiger partial charge on any atom is 0.270 e. The zero-order valence-corrected chi connectivity index (χ0v) is 11.3. The summed E-state index contributed by atoms with van der Waals surface area (Å²) in [6.45, 7) is 7.25. The summed E-state index contributed by atoms with van der Waals surface area (Å²) < 4.78 is 0. The largest absolute Gasteiger partial charge is 0.370 e. The van der Waals surface area contributed by atoms with Crippen LogP contribution in [-0.2, 0) is 0 Å². The van der Waals surface area contributed by atoms with Gasteiger partial charge in [-0.3, -0.25) is 10.1 Å². The second-order valence-corrected chi connectivity index (χ2v) is 5.74. The van der Waals surface area contributed by atoms with Crippen molar-refractivity contribution < 1.29 is 4.92 Å². The standard InChI is InChI=1S/C14H17N3O2/c1-14(2,3)9-15-13-7-4-10-8-11(17(18)19)5-6-12(10)16-13/h4-8H,9H2,1-3H3,(H,15,16). The van der Waals surface area contributed by atoms with Crippen LogP contribution < -0.4 is 5.32 Å². The number of hydrogen-bond donors (Lipinski definition) is 1. The molecule has 1 aromatic heterocycles. The third-order valence-electron chi connectivity index (χ3n) is 2.68. The molecule has 5 heteroatoms. The third-order valence-corrected chi connectivity index (χ3v) is 2.68. The number of nitrogens with zero attached hydrogens (tertiary/aromatic N) is 2. The van der Waals surface area contributed by atoms with Gasteiger partial charge in [0.15, 0.2) is 0 Å². The molecule has 0 saturated heterocycles. The van der Waals surface area contributed by atoms with E-state index in [0.29, 0.717) is 0 Å². The molecule has 0 spiro atoms. The minimum atomic E-state index is -0.398. The fraction of sp³-hybridized carbons (Fsp3) is 0.357. The third kappa shape index (κ3) is 3.40. The minimum Gasteiger partial charge on any atom is -0.370 e. The molecule has 2 rings (SSSR count). The molecule has 0 aliphatic carbocycles. The van der Waals surface area contributed by atoms with Crippen LogP contribution in [0.1, 0.15) is 20.8 Å². The van der Waals surface area contributed by atoms with Crippen LogP contribution in [0.25, 0.3) is 10.9 Å². The lowest BCUT2D eigenvalue weighted by Gasteiger charge is -2.19. The molecule has 5 nitrogen and oxygen atoms in total. The Bertz CT molecular complexity index is 618. The van der Waals surface area contributed by atoms with Crippen LogP contribution in [0.5, 0.6) is 0 Å². The van der Waals surface area contributed by atoms with Gasteiger partial charge in [-0.05, 0) is 23.6 Å². The van der Waals surface area contributed by atoms with Crippen molar-refractivity contribution in [1.82, 2.24) is 4.98 Å². The SMILES string of the molecule is CC(C)(C)CNc1ccc2cc([N+](=O)[O-])ccc2n1. The van der Waals surface area contributed by atoms with Crippen LogP contribution in [0.2, 0.25) is 0 Å². The second kappa shape index (κ2) is 4.84. The van der Waals surface area contributed by atoms with Gasteiger partial charge < -0.3 is 5.32 Å². The van der Waals surface area contributed by atoms with Crippen molar-refractivity contribution in [1.29, 1.82) is 0 Å². The number of fused-ring (bicyclic) bond motifs is 1. The van der Waals surface area contributed by atoms with Crippen molar-refractivity contribution in [3.63, 3.8) is 0 Å². The summed E-state index contributed by atoms with van der Waals surface area (Å²) in [7, 11) is 0. The summed E-state index contributed by atoms with van der Waals surface area (Å²) in [4.78, 5) is 14.7. The Morgan fingerprint density at radius 2 is 2.00 bits per heavy atom. The molecular formula is C14H17N3O2. The first-order valence-electron chi connectivity index (χ1n) is 6.14. The van der Waals surface area contributed by atoms with Gasteiger partial charge in [-0.25, -0.2) is 4.98 Å². The van der Waals surface area contributed by atoms with Gasteiger partial charge >= 0.3 is 0 Å². The number of hydrogen-bond acceptors (Lipinski definition) is 4. The lowest BCUT2D eigenvalue weighted by molar-refractivity contribution is -0.384. The van der Waals surface area contributed by atoms with Gasteiger partial charge in [0.05, 0.1) is 10.4 Å². The van der Waals surface area contributed by atoms with Crippen molar-refractivity contribution in [2.24, 2.45) is 5.41 Å². The Morgan fingerprint density at radius 1 is 1.26 bits per heavy atom. The quantitative estimate of drug-likeness (QED) is 0.675. The smallest absolute Gasteiger partial charge is 0.270 e. The Labute approximate surface area is 111 Å². The first-order chi connectivity index (χ1) is 8.85.